The monoisotopic (exact) mass is 290 g/mol. The summed E-state index contributed by atoms with van der Waals surface area (Å²) >= 11 is 0. The molecule has 1 aliphatic heterocycles. The third-order valence-corrected chi connectivity index (χ3v) is 4.17. The van der Waals surface area contributed by atoms with Gasteiger partial charge in [0.2, 0.25) is 0 Å². The minimum Gasteiger partial charge on any atom is -0.508 e. The van der Waals surface area contributed by atoms with Gasteiger partial charge in [-0.1, -0.05) is 42.5 Å². The number of hydrogen-bond acceptors (Lipinski definition) is 3. The summed E-state index contributed by atoms with van der Waals surface area (Å²) in [6.45, 7) is 0. The van der Waals surface area contributed by atoms with Gasteiger partial charge in [-0.2, -0.15) is 0 Å². The molecule has 0 spiro atoms. The third-order valence-electron chi connectivity index (χ3n) is 4.17. The van der Waals surface area contributed by atoms with E-state index in [-0.39, 0.29) is 17.6 Å². The second kappa shape index (κ2) is 4.88. The van der Waals surface area contributed by atoms with Crippen LogP contribution in [0.1, 0.15) is 23.5 Å². The zero-order valence-electron chi connectivity index (χ0n) is 11.8. The van der Waals surface area contributed by atoms with E-state index >= 15 is 0 Å². The van der Waals surface area contributed by atoms with Crippen LogP contribution in [-0.4, -0.2) is 11.1 Å². The maximum absolute atomic E-state index is 11.9. The molecule has 0 radical (unpaired) electrons. The average molecular weight is 290 g/mol. The van der Waals surface area contributed by atoms with Crippen molar-refractivity contribution in [2.45, 2.75) is 12.3 Å². The molecule has 4 rings (SSSR count). The van der Waals surface area contributed by atoms with Crippen molar-refractivity contribution in [1.29, 1.82) is 0 Å². The van der Waals surface area contributed by atoms with Gasteiger partial charge in [-0.05, 0) is 34.5 Å². The molecule has 0 saturated heterocycles. The summed E-state index contributed by atoms with van der Waals surface area (Å²) in [7, 11) is 0. The molecule has 3 nitrogen and oxygen atoms in total. The van der Waals surface area contributed by atoms with E-state index in [0.717, 1.165) is 21.9 Å². The number of benzene rings is 3. The van der Waals surface area contributed by atoms with E-state index in [2.05, 4.69) is 12.1 Å². The molecule has 0 amide bonds. The molecule has 1 atom stereocenters. The zero-order chi connectivity index (χ0) is 15.1. The predicted octanol–water partition coefficient (Wildman–Crippen LogP) is 3.99. The molecule has 22 heavy (non-hydrogen) atoms. The van der Waals surface area contributed by atoms with E-state index in [1.807, 2.05) is 36.4 Å². The lowest BCUT2D eigenvalue weighted by Crippen LogP contribution is -2.21. The Balaban J connectivity index is 1.97. The highest BCUT2D eigenvalue weighted by atomic mass is 16.5. The Labute approximate surface area is 127 Å². The Bertz CT molecular complexity index is 865. The van der Waals surface area contributed by atoms with E-state index in [4.69, 9.17) is 4.74 Å². The summed E-state index contributed by atoms with van der Waals surface area (Å²) in [5, 5.41) is 11.7. The van der Waals surface area contributed by atoms with Gasteiger partial charge in [0.05, 0.1) is 6.42 Å². The van der Waals surface area contributed by atoms with E-state index in [1.165, 1.54) is 0 Å². The Kier molecular flexibility index (Phi) is 2.86. The normalized spacial score (nSPS) is 17.1. The summed E-state index contributed by atoms with van der Waals surface area (Å²) in [6, 6.07) is 19.0. The van der Waals surface area contributed by atoms with E-state index < -0.39 is 0 Å². The Morgan fingerprint density at radius 3 is 2.55 bits per heavy atom. The SMILES string of the molecule is O=C1CC(c2ccc(O)cc2)c2c(ccc3ccccc23)O1. The minimum atomic E-state index is -0.221. The molecule has 0 aromatic heterocycles. The van der Waals surface area contributed by atoms with Crippen molar-refractivity contribution in [2.75, 3.05) is 0 Å². The number of ether oxygens (including phenoxy) is 1. The van der Waals surface area contributed by atoms with Gasteiger partial charge in [-0.3, -0.25) is 4.79 Å². The molecular formula is C19H14O3. The van der Waals surface area contributed by atoms with Gasteiger partial charge in [0.15, 0.2) is 0 Å². The van der Waals surface area contributed by atoms with Crippen LogP contribution in [0, 0.1) is 0 Å². The number of phenols is 1. The van der Waals surface area contributed by atoms with Crippen LogP contribution >= 0.6 is 0 Å². The number of rotatable bonds is 1. The quantitative estimate of drug-likeness (QED) is 0.544. The maximum atomic E-state index is 11.9. The van der Waals surface area contributed by atoms with Crippen LogP contribution in [-0.2, 0) is 4.79 Å². The van der Waals surface area contributed by atoms with Crippen LogP contribution in [0.3, 0.4) is 0 Å². The van der Waals surface area contributed by atoms with Gasteiger partial charge in [-0.15, -0.1) is 0 Å². The van der Waals surface area contributed by atoms with E-state index in [1.54, 1.807) is 12.1 Å². The molecular weight excluding hydrogens is 276 g/mol. The number of hydrogen-bond donors (Lipinski definition) is 1. The van der Waals surface area contributed by atoms with Crippen molar-refractivity contribution in [3.63, 3.8) is 0 Å². The fourth-order valence-electron chi connectivity index (χ4n) is 3.15. The zero-order valence-corrected chi connectivity index (χ0v) is 11.8. The van der Waals surface area contributed by atoms with Gasteiger partial charge in [-0.25, -0.2) is 0 Å². The number of carbonyl (C=O) groups is 1. The molecule has 3 heteroatoms. The van der Waals surface area contributed by atoms with Crippen LogP contribution in [0.4, 0.5) is 0 Å². The van der Waals surface area contributed by atoms with E-state index in [0.29, 0.717) is 12.2 Å². The van der Waals surface area contributed by atoms with E-state index in [9.17, 15) is 9.90 Å². The molecule has 108 valence electrons. The molecule has 3 aromatic rings. The molecule has 0 bridgehead atoms. The van der Waals surface area contributed by atoms with Crippen molar-refractivity contribution < 1.29 is 14.6 Å². The van der Waals surface area contributed by atoms with Gasteiger partial charge in [0.1, 0.15) is 11.5 Å². The molecule has 0 aliphatic carbocycles. The summed E-state index contributed by atoms with van der Waals surface area (Å²) in [5.41, 5.74) is 2.05. The summed E-state index contributed by atoms with van der Waals surface area (Å²) in [4.78, 5) is 11.9. The minimum absolute atomic E-state index is 0.0528. The first-order chi connectivity index (χ1) is 10.7. The summed E-state index contributed by atoms with van der Waals surface area (Å²) in [5.74, 6) is 0.581. The molecule has 3 aromatic carbocycles. The second-order valence-corrected chi connectivity index (χ2v) is 5.52. The first-order valence-corrected chi connectivity index (χ1v) is 7.23. The van der Waals surface area contributed by atoms with Gasteiger partial charge < -0.3 is 9.84 Å². The largest absolute Gasteiger partial charge is 0.508 e. The van der Waals surface area contributed by atoms with Crippen molar-refractivity contribution in [3.8, 4) is 11.5 Å². The highest BCUT2D eigenvalue weighted by molar-refractivity contribution is 5.92. The summed E-state index contributed by atoms with van der Waals surface area (Å²) in [6.07, 6.45) is 0.311. The second-order valence-electron chi connectivity index (χ2n) is 5.52. The average Bonchev–Trinajstić information content (AvgIpc) is 2.54. The Morgan fingerprint density at radius 2 is 1.73 bits per heavy atom. The number of phenolic OH excluding ortho intramolecular Hbond substituents is 1. The van der Waals surface area contributed by atoms with Crippen molar-refractivity contribution in [1.82, 2.24) is 0 Å². The molecule has 1 unspecified atom stereocenters. The van der Waals surface area contributed by atoms with Gasteiger partial charge in [0, 0.05) is 11.5 Å². The number of carbonyl (C=O) groups excluding carboxylic acids is 1. The first-order valence-electron chi connectivity index (χ1n) is 7.23. The molecule has 0 fully saturated rings. The van der Waals surface area contributed by atoms with Gasteiger partial charge in [0.25, 0.3) is 0 Å². The van der Waals surface area contributed by atoms with Gasteiger partial charge >= 0.3 is 5.97 Å². The first kappa shape index (κ1) is 12.9. The highest BCUT2D eigenvalue weighted by Crippen LogP contribution is 2.43. The fraction of sp³-hybridized carbons (Fsp3) is 0.105. The number of esters is 1. The Hall–Kier alpha value is -2.81. The van der Waals surface area contributed by atoms with Crippen LogP contribution in [0.15, 0.2) is 60.7 Å². The number of aromatic hydroxyl groups is 1. The highest BCUT2D eigenvalue weighted by Gasteiger charge is 2.29. The lowest BCUT2D eigenvalue weighted by molar-refractivity contribution is -0.135. The van der Waals surface area contributed by atoms with Crippen LogP contribution < -0.4 is 4.74 Å². The molecule has 1 aliphatic rings. The third kappa shape index (κ3) is 2.02. The summed E-state index contributed by atoms with van der Waals surface area (Å²) < 4.78 is 5.43. The Morgan fingerprint density at radius 1 is 0.955 bits per heavy atom. The predicted molar refractivity (Wildman–Crippen MR) is 84.1 cm³/mol. The smallest absolute Gasteiger partial charge is 0.312 e. The maximum Gasteiger partial charge on any atom is 0.312 e. The van der Waals surface area contributed by atoms with Crippen molar-refractivity contribution in [2.24, 2.45) is 0 Å². The molecule has 0 saturated carbocycles. The number of fused-ring (bicyclic) bond motifs is 3. The van der Waals surface area contributed by atoms with Crippen LogP contribution in [0.2, 0.25) is 0 Å². The lowest BCUT2D eigenvalue weighted by atomic mass is 9.83. The topological polar surface area (TPSA) is 46.5 Å². The van der Waals surface area contributed by atoms with Crippen molar-refractivity contribution in [3.05, 3.63) is 71.8 Å². The van der Waals surface area contributed by atoms with Crippen molar-refractivity contribution >= 4 is 16.7 Å². The lowest BCUT2D eigenvalue weighted by Gasteiger charge is -2.26. The molecule has 1 N–H and O–H groups in total. The molecule has 1 heterocycles. The van der Waals surface area contributed by atoms with Crippen LogP contribution in [0.25, 0.3) is 10.8 Å². The van der Waals surface area contributed by atoms with Crippen LogP contribution in [0.5, 0.6) is 11.5 Å². The fourth-order valence-corrected chi connectivity index (χ4v) is 3.15. The standard InChI is InChI=1S/C19H14O3/c20-14-8-5-13(6-9-14)16-11-18(21)22-17-10-7-12-3-1-2-4-15(12)19(16)17/h1-10,16,20H,11H2.